The Balaban J connectivity index is 1.79. The predicted octanol–water partition coefficient (Wildman–Crippen LogP) is 1.48. The monoisotopic (exact) mass is 354 g/mol. The fourth-order valence-corrected chi connectivity index (χ4v) is 3.64. The standard InChI is InChI=1S/C16H26N4O3S/c1-24(22,23)20(13-14-6-5-9-17-12-14)11-10-18-16(21)19-15-7-3-2-4-8-15/h5-6,9,12,15H,2-4,7-8,10-11,13H2,1H3,(H2,18,19,21). The summed E-state index contributed by atoms with van der Waals surface area (Å²) in [6, 6.07) is 3.61. The second kappa shape index (κ2) is 8.98. The lowest BCUT2D eigenvalue weighted by Crippen LogP contribution is -2.45. The van der Waals surface area contributed by atoms with Crippen molar-refractivity contribution in [3.63, 3.8) is 0 Å². The van der Waals surface area contributed by atoms with Crippen LogP contribution in [0, 0.1) is 0 Å². The smallest absolute Gasteiger partial charge is 0.315 e. The maximum Gasteiger partial charge on any atom is 0.315 e. The molecular weight excluding hydrogens is 328 g/mol. The van der Waals surface area contributed by atoms with Crippen LogP contribution in [-0.2, 0) is 16.6 Å². The molecule has 2 N–H and O–H groups in total. The fraction of sp³-hybridized carbons (Fsp3) is 0.625. The van der Waals surface area contributed by atoms with E-state index in [0.29, 0.717) is 0 Å². The first-order valence-corrected chi connectivity index (χ1v) is 10.2. The number of pyridine rings is 1. The first-order chi connectivity index (χ1) is 11.4. The van der Waals surface area contributed by atoms with Crippen molar-refractivity contribution in [2.45, 2.75) is 44.7 Å². The first-order valence-electron chi connectivity index (χ1n) is 8.33. The molecule has 1 fully saturated rings. The van der Waals surface area contributed by atoms with Crippen LogP contribution < -0.4 is 10.6 Å². The van der Waals surface area contributed by atoms with Crippen molar-refractivity contribution in [2.24, 2.45) is 0 Å². The van der Waals surface area contributed by atoms with Gasteiger partial charge in [-0.25, -0.2) is 13.2 Å². The molecule has 1 aliphatic carbocycles. The van der Waals surface area contributed by atoms with Crippen LogP contribution in [0.4, 0.5) is 4.79 Å². The van der Waals surface area contributed by atoms with Gasteiger partial charge in [0.2, 0.25) is 10.0 Å². The Bertz CT molecular complexity index is 615. The van der Waals surface area contributed by atoms with Crippen molar-refractivity contribution in [1.29, 1.82) is 0 Å². The zero-order chi connectivity index (χ0) is 17.4. The normalized spacial score (nSPS) is 16.1. The largest absolute Gasteiger partial charge is 0.337 e. The quantitative estimate of drug-likeness (QED) is 0.776. The third-order valence-electron chi connectivity index (χ3n) is 4.14. The molecule has 24 heavy (non-hydrogen) atoms. The Hall–Kier alpha value is -1.67. The molecule has 1 aromatic rings. The molecule has 1 aliphatic rings. The van der Waals surface area contributed by atoms with E-state index in [0.717, 1.165) is 31.2 Å². The van der Waals surface area contributed by atoms with Gasteiger partial charge in [0.15, 0.2) is 0 Å². The summed E-state index contributed by atoms with van der Waals surface area (Å²) in [4.78, 5) is 15.9. The molecule has 0 aliphatic heterocycles. The van der Waals surface area contributed by atoms with Crippen LogP contribution in [0.25, 0.3) is 0 Å². The summed E-state index contributed by atoms with van der Waals surface area (Å²) in [5.74, 6) is 0. The Morgan fingerprint density at radius 1 is 1.33 bits per heavy atom. The van der Waals surface area contributed by atoms with Crippen LogP contribution in [0.15, 0.2) is 24.5 Å². The Morgan fingerprint density at radius 2 is 2.08 bits per heavy atom. The summed E-state index contributed by atoms with van der Waals surface area (Å²) in [6.45, 7) is 0.746. The van der Waals surface area contributed by atoms with Crippen LogP contribution in [0.2, 0.25) is 0 Å². The number of nitrogens with zero attached hydrogens (tertiary/aromatic N) is 2. The van der Waals surface area contributed by atoms with E-state index in [1.165, 1.54) is 17.0 Å². The van der Waals surface area contributed by atoms with Gasteiger partial charge in [-0.15, -0.1) is 0 Å². The van der Waals surface area contributed by atoms with Crippen LogP contribution in [0.5, 0.6) is 0 Å². The highest BCUT2D eigenvalue weighted by atomic mass is 32.2. The molecule has 0 spiro atoms. The molecule has 2 amide bonds. The highest BCUT2D eigenvalue weighted by Crippen LogP contribution is 2.17. The maximum absolute atomic E-state index is 11.9. The lowest BCUT2D eigenvalue weighted by Gasteiger charge is -2.24. The highest BCUT2D eigenvalue weighted by Gasteiger charge is 2.18. The molecule has 0 radical (unpaired) electrons. The summed E-state index contributed by atoms with van der Waals surface area (Å²) < 4.78 is 25.1. The number of aromatic nitrogens is 1. The van der Waals surface area contributed by atoms with Crippen LogP contribution in [0.1, 0.15) is 37.7 Å². The zero-order valence-electron chi connectivity index (χ0n) is 14.1. The molecule has 8 heteroatoms. The summed E-state index contributed by atoms with van der Waals surface area (Å²) in [6.07, 6.45) is 10.0. The predicted molar refractivity (Wildman–Crippen MR) is 92.9 cm³/mol. The van der Waals surface area contributed by atoms with Crippen LogP contribution in [0.3, 0.4) is 0 Å². The third kappa shape index (κ3) is 6.45. The number of hydrogen-bond donors (Lipinski definition) is 2. The minimum atomic E-state index is -3.35. The number of urea groups is 1. The summed E-state index contributed by atoms with van der Waals surface area (Å²) in [7, 11) is -3.35. The van der Waals surface area contributed by atoms with Crippen molar-refractivity contribution >= 4 is 16.1 Å². The van der Waals surface area contributed by atoms with Gasteiger partial charge in [-0.05, 0) is 24.5 Å². The van der Waals surface area contributed by atoms with E-state index in [9.17, 15) is 13.2 Å². The van der Waals surface area contributed by atoms with E-state index >= 15 is 0 Å². The Kier molecular flexibility index (Phi) is 6.99. The van der Waals surface area contributed by atoms with Gasteiger partial charge in [0.25, 0.3) is 0 Å². The Labute approximate surface area is 143 Å². The molecule has 134 valence electrons. The number of carbonyl (C=O) groups excluding carboxylic acids is 1. The third-order valence-corrected chi connectivity index (χ3v) is 5.39. The van der Waals surface area contributed by atoms with E-state index in [1.807, 2.05) is 6.07 Å². The van der Waals surface area contributed by atoms with Crippen LogP contribution >= 0.6 is 0 Å². The van der Waals surface area contributed by atoms with Gasteiger partial charge in [0.05, 0.1) is 6.26 Å². The van der Waals surface area contributed by atoms with Crippen molar-refractivity contribution in [2.75, 3.05) is 19.3 Å². The molecule has 0 bridgehead atoms. The number of hydrogen-bond acceptors (Lipinski definition) is 4. The molecular formula is C16H26N4O3S. The summed E-state index contributed by atoms with van der Waals surface area (Å²) >= 11 is 0. The SMILES string of the molecule is CS(=O)(=O)N(CCNC(=O)NC1CCCCC1)Cc1cccnc1. The maximum atomic E-state index is 11.9. The van der Waals surface area contributed by atoms with Gasteiger partial charge in [0, 0.05) is 38.1 Å². The first kappa shape index (κ1) is 18.7. The van der Waals surface area contributed by atoms with E-state index in [4.69, 9.17) is 0 Å². The molecule has 0 atom stereocenters. The van der Waals surface area contributed by atoms with Crippen molar-refractivity contribution in [1.82, 2.24) is 19.9 Å². The van der Waals surface area contributed by atoms with Gasteiger partial charge in [-0.3, -0.25) is 4.98 Å². The molecule has 1 heterocycles. The number of nitrogens with one attached hydrogen (secondary N) is 2. The minimum absolute atomic E-state index is 0.225. The number of rotatable bonds is 7. The van der Waals surface area contributed by atoms with Crippen molar-refractivity contribution in [3.8, 4) is 0 Å². The van der Waals surface area contributed by atoms with E-state index in [-0.39, 0.29) is 31.7 Å². The topological polar surface area (TPSA) is 91.4 Å². The van der Waals surface area contributed by atoms with Gasteiger partial charge < -0.3 is 10.6 Å². The molecule has 0 unspecified atom stereocenters. The summed E-state index contributed by atoms with van der Waals surface area (Å²) in [5, 5.41) is 5.70. The highest BCUT2D eigenvalue weighted by molar-refractivity contribution is 7.88. The Morgan fingerprint density at radius 3 is 2.71 bits per heavy atom. The number of carbonyl (C=O) groups is 1. The molecule has 1 saturated carbocycles. The molecule has 7 nitrogen and oxygen atoms in total. The van der Waals surface area contributed by atoms with Gasteiger partial charge in [0.1, 0.15) is 0 Å². The van der Waals surface area contributed by atoms with Gasteiger partial charge in [-0.1, -0.05) is 25.3 Å². The number of sulfonamides is 1. The second-order valence-corrected chi connectivity index (χ2v) is 8.18. The average Bonchev–Trinajstić information content (AvgIpc) is 2.55. The number of amides is 2. The lowest BCUT2D eigenvalue weighted by atomic mass is 9.96. The van der Waals surface area contributed by atoms with Crippen molar-refractivity contribution < 1.29 is 13.2 Å². The fourth-order valence-electron chi connectivity index (χ4n) is 2.83. The molecule has 2 rings (SSSR count). The van der Waals surface area contributed by atoms with E-state index < -0.39 is 10.0 Å². The lowest BCUT2D eigenvalue weighted by molar-refractivity contribution is 0.231. The van der Waals surface area contributed by atoms with Gasteiger partial charge >= 0.3 is 6.03 Å². The summed E-state index contributed by atoms with van der Waals surface area (Å²) in [5.41, 5.74) is 0.814. The molecule has 0 aromatic carbocycles. The zero-order valence-corrected chi connectivity index (χ0v) is 14.9. The van der Waals surface area contributed by atoms with E-state index in [1.54, 1.807) is 18.5 Å². The van der Waals surface area contributed by atoms with Crippen LogP contribution in [-0.4, -0.2) is 49.1 Å². The second-order valence-electron chi connectivity index (χ2n) is 6.19. The minimum Gasteiger partial charge on any atom is -0.337 e. The molecule has 1 aromatic heterocycles. The van der Waals surface area contributed by atoms with E-state index in [2.05, 4.69) is 15.6 Å². The van der Waals surface area contributed by atoms with Gasteiger partial charge in [-0.2, -0.15) is 4.31 Å². The molecule has 0 saturated heterocycles. The van der Waals surface area contributed by atoms with Crippen molar-refractivity contribution in [3.05, 3.63) is 30.1 Å². The average molecular weight is 354 g/mol.